The molecule has 0 amide bonds. The van der Waals surface area contributed by atoms with E-state index in [9.17, 15) is 20.2 Å². The van der Waals surface area contributed by atoms with E-state index < -0.39 is 9.85 Å². The zero-order valence-corrected chi connectivity index (χ0v) is 41.0. The lowest BCUT2D eigenvalue weighted by Crippen LogP contribution is -3.00. The fourth-order valence-corrected chi connectivity index (χ4v) is 7.91. The van der Waals surface area contributed by atoms with Crippen LogP contribution in [0.2, 0.25) is 0 Å². The molecule has 0 fully saturated rings. The molecule has 10 aromatic rings. The van der Waals surface area contributed by atoms with Gasteiger partial charge in [-0.2, -0.15) is 0 Å². The molecule has 0 bridgehead atoms. The fraction of sp³-hybridized carbons (Fsp3) is 0.0357. The van der Waals surface area contributed by atoms with E-state index in [0.717, 1.165) is 44.5 Å². The summed E-state index contributed by atoms with van der Waals surface area (Å²) in [5.41, 5.74) is 9.27. The number of non-ortho nitro benzene ring substituents is 2. The molecule has 0 atom stereocenters. The Morgan fingerprint density at radius 3 is 1.08 bits per heavy atom. The van der Waals surface area contributed by atoms with Crippen LogP contribution in [0.15, 0.2) is 194 Å². The highest BCUT2D eigenvalue weighted by atomic mass is 35.5. The Labute approximate surface area is 436 Å². The fourth-order valence-electron chi connectivity index (χ4n) is 7.91. The third kappa shape index (κ3) is 11.0. The summed E-state index contributed by atoms with van der Waals surface area (Å²) in [4.78, 5) is 28.6. The molecule has 0 spiro atoms. The zero-order valence-electron chi connectivity index (χ0n) is 39.5. The van der Waals surface area contributed by atoms with Gasteiger partial charge in [-0.25, -0.2) is 0 Å². The minimum atomic E-state index is -0.451. The van der Waals surface area contributed by atoms with Crippen molar-refractivity contribution in [3.8, 4) is 68.2 Å². The molecule has 0 N–H and O–H groups in total. The first-order chi connectivity index (χ1) is 35.2. The predicted molar refractivity (Wildman–Crippen MR) is 273 cm³/mol. The minimum Gasteiger partial charge on any atom is -1.00 e. The summed E-state index contributed by atoms with van der Waals surface area (Å²) in [5.74, 6) is 1.74. The van der Waals surface area contributed by atoms with Crippen LogP contribution in [0.25, 0.3) is 81.0 Å². The average molecular weight is 1020 g/mol. The van der Waals surface area contributed by atoms with Crippen molar-refractivity contribution >= 4 is 35.7 Å². The largest absolute Gasteiger partial charge is 1.00 e. The molecule has 2 heterocycles. The van der Waals surface area contributed by atoms with Gasteiger partial charge in [0.05, 0.1) is 45.4 Å². The Morgan fingerprint density at radius 2 is 0.757 bits per heavy atom. The lowest BCUT2D eigenvalue weighted by atomic mass is 10.0. The first kappa shape index (κ1) is 50.7. The van der Waals surface area contributed by atoms with Gasteiger partial charge < -0.3 is 34.3 Å². The van der Waals surface area contributed by atoms with Crippen LogP contribution in [0.5, 0.6) is 11.5 Å². The summed E-state index contributed by atoms with van der Waals surface area (Å²) >= 11 is 0. The highest BCUT2D eigenvalue weighted by Gasteiger charge is 2.29. The number of halogens is 2. The zero-order chi connectivity index (χ0) is 49.6. The van der Waals surface area contributed by atoms with Crippen molar-refractivity contribution in [3.63, 3.8) is 0 Å². The maximum absolute atomic E-state index is 11.6. The van der Waals surface area contributed by atoms with Crippen molar-refractivity contribution in [2.45, 2.75) is 0 Å². The van der Waals surface area contributed by atoms with Gasteiger partial charge in [0.25, 0.3) is 11.4 Å². The van der Waals surface area contributed by atoms with Crippen LogP contribution in [0, 0.1) is 20.2 Å². The second-order valence-electron chi connectivity index (χ2n) is 16.3. The van der Waals surface area contributed by atoms with E-state index in [-0.39, 0.29) is 36.2 Å². The molecule has 0 aliphatic rings. The maximum atomic E-state index is 11.6. The number of hydrogen-bond donors (Lipinski definition) is 0. The number of nitro groups is 2. The lowest BCUT2D eigenvalue weighted by molar-refractivity contribution is -0.734. The van der Waals surface area contributed by atoms with Crippen molar-refractivity contribution in [1.29, 1.82) is 0 Å². The summed E-state index contributed by atoms with van der Waals surface area (Å²) in [5, 5.41) is 42.8. The quantitative estimate of drug-likeness (QED) is 0.0612. The van der Waals surface area contributed by atoms with Gasteiger partial charge in [0.1, 0.15) is 11.4 Å². The van der Waals surface area contributed by atoms with Crippen LogP contribution in [0.4, 0.5) is 11.4 Å². The van der Waals surface area contributed by atoms with Crippen LogP contribution in [-0.4, -0.2) is 54.1 Å². The molecule has 0 radical (unpaired) electrons. The van der Waals surface area contributed by atoms with Crippen LogP contribution >= 0.6 is 0 Å². The Balaban J connectivity index is 0.00000364. The van der Waals surface area contributed by atoms with Crippen molar-refractivity contribution in [3.05, 3.63) is 237 Å². The third-order valence-corrected chi connectivity index (χ3v) is 11.7. The Kier molecular flexibility index (Phi) is 15.5. The number of nitrogens with zero attached hydrogens (tertiary/aromatic N) is 10. The van der Waals surface area contributed by atoms with E-state index in [1.54, 1.807) is 57.7 Å². The van der Waals surface area contributed by atoms with Crippen LogP contribution < -0.4 is 43.9 Å². The van der Waals surface area contributed by atoms with Gasteiger partial charge in [-0.05, 0) is 138 Å². The number of nitro benzene ring substituents is 2. The molecule has 10 rings (SSSR count). The molecule has 74 heavy (non-hydrogen) atoms. The standard InChI is InChI=1S/C56H42N10O6.2ClH/c1-71-53-37-45(25-35-51(53)63-59-55(57-61(63)47-27-31-49(32-28-47)65(67)68)43-21-17-41(18-22-43)15-13-39-9-5-3-6-10-39)46-26-36-52(54(38-46)72-2)64-60-56(58-62(64)48-29-33-50(34-30-48)66(69)70)44-23-19-42(20-24-44)16-14-40-11-7-4-8-12-40;;/h3-38H,1-2H3;2*1H/q+2;;/p-2/b15-13+,16-14+;;. The molecule has 366 valence electrons. The predicted octanol–water partition coefficient (Wildman–Crippen LogP) is 4.58. The van der Waals surface area contributed by atoms with E-state index in [0.29, 0.717) is 45.9 Å². The highest BCUT2D eigenvalue weighted by molar-refractivity contribution is 5.73. The molecule has 0 saturated carbocycles. The Morgan fingerprint density at radius 1 is 0.432 bits per heavy atom. The van der Waals surface area contributed by atoms with E-state index in [4.69, 9.17) is 29.9 Å². The molecule has 0 aliphatic heterocycles. The summed E-state index contributed by atoms with van der Waals surface area (Å²) in [6, 6.07) is 59.3. The molecule has 16 nitrogen and oxygen atoms in total. The topological polar surface area (TPSA) is 174 Å². The first-order valence-electron chi connectivity index (χ1n) is 22.5. The highest BCUT2D eigenvalue weighted by Crippen LogP contribution is 2.33. The second-order valence-corrected chi connectivity index (χ2v) is 16.3. The van der Waals surface area contributed by atoms with E-state index in [1.165, 1.54) is 24.3 Å². The van der Waals surface area contributed by atoms with Crippen LogP contribution in [0.1, 0.15) is 22.3 Å². The Bertz CT molecular complexity index is 3400. The van der Waals surface area contributed by atoms with Gasteiger partial charge in [-0.15, -0.1) is 0 Å². The molecule has 0 saturated heterocycles. The second kappa shape index (κ2) is 22.6. The van der Waals surface area contributed by atoms with Gasteiger partial charge in [0.15, 0.2) is 11.5 Å². The molecular formula is C56H42Cl2N10O6. The normalized spacial score (nSPS) is 11.0. The van der Waals surface area contributed by atoms with Crippen LogP contribution in [0.3, 0.4) is 0 Å². The van der Waals surface area contributed by atoms with Crippen molar-refractivity contribution in [2.75, 3.05) is 14.2 Å². The van der Waals surface area contributed by atoms with Gasteiger partial charge in [0.2, 0.25) is 11.4 Å². The average Bonchev–Trinajstić information content (AvgIpc) is 4.09. The van der Waals surface area contributed by atoms with Crippen LogP contribution in [-0.2, 0) is 0 Å². The van der Waals surface area contributed by atoms with E-state index in [2.05, 4.69) is 0 Å². The van der Waals surface area contributed by atoms with Gasteiger partial charge in [-0.1, -0.05) is 109 Å². The first-order valence-corrected chi connectivity index (χ1v) is 22.5. The van der Waals surface area contributed by atoms with E-state index in [1.807, 2.05) is 170 Å². The number of aromatic nitrogens is 8. The number of rotatable bonds is 15. The number of methoxy groups -OCH3 is 2. The smallest absolute Gasteiger partial charge is 0.340 e. The van der Waals surface area contributed by atoms with Crippen molar-refractivity contribution in [2.24, 2.45) is 0 Å². The number of benzene rings is 8. The maximum Gasteiger partial charge on any atom is 0.340 e. The summed E-state index contributed by atoms with van der Waals surface area (Å²) < 4.78 is 12.0. The lowest BCUT2D eigenvalue weighted by Gasteiger charge is -2.11. The van der Waals surface area contributed by atoms with Gasteiger partial charge >= 0.3 is 11.6 Å². The number of hydrogen-bond acceptors (Lipinski definition) is 10. The number of ether oxygens (including phenoxy) is 2. The third-order valence-electron chi connectivity index (χ3n) is 11.7. The summed E-state index contributed by atoms with van der Waals surface area (Å²) in [6.45, 7) is 0. The van der Waals surface area contributed by atoms with Crippen molar-refractivity contribution in [1.82, 2.24) is 30.0 Å². The van der Waals surface area contributed by atoms with Gasteiger partial charge in [-0.3, -0.25) is 20.2 Å². The molecule has 8 aromatic carbocycles. The molecule has 2 aromatic heterocycles. The Hall–Kier alpha value is -9.64. The molecule has 0 unspecified atom stereocenters. The van der Waals surface area contributed by atoms with E-state index >= 15 is 0 Å². The summed E-state index contributed by atoms with van der Waals surface area (Å²) in [6.07, 6.45) is 8.16. The van der Waals surface area contributed by atoms with Crippen molar-refractivity contribution < 1.29 is 53.7 Å². The summed E-state index contributed by atoms with van der Waals surface area (Å²) in [7, 11) is 3.13. The SMILES string of the molecule is COc1cc(-c2ccc(-[n+]3nc(-c4ccc(/C=C/c5ccccc5)cc4)nn3-c3ccc([N+](=O)[O-])cc3)c(OC)c2)ccc1-[n+]1nc(-c2ccc(/C=C/c3ccccc3)cc2)nn1-c1ccc([N+](=O)[O-])cc1.[Cl-].[Cl-]. The molecule has 18 heteroatoms. The molecule has 0 aliphatic carbocycles. The monoisotopic (exact) mass is 1020 g/mol. The minimum absolute atomic E-state index is 0. The molecular weight excluding hydrogens is 980 g/mol. The number of tetrazole rings is 2. The van der Waals surface area contributed by atoms with Gasteiger partial charge in [0, 0.05) is 33.9 Å².